The number of halogens is 1. The highest BCUT2D eigenvalue weighted by molar-refractivity contribution is 9.10. The molecule has 0 aliphatic carbocycles. The fourth-order valence-corrected chi connectivity index (χ4v) is 3.35. The Kier molecular flexibility index (Phi) is 5.96. The first kappa shape index (κ1) is 16.1. The lowest BCUT2D eigenvalue weighted by Crippen LogP contribution is -2.36. The van der Waals surface area contributed by atoms with E-state index in [1.165, 1.54) is 6.07 Å². The van der Waals surface area contributed by atoms with Gasteiger partial charge in [-0.3, -0.25) is 4.79 Å². The van der Waals surface area contributed by atoms with E-state index in [1.807, 2.05) is 0 Å². The molecule has 1 rings (SSSR count). The van der Waals surface area contributed by atoms with Gasteiger partial charge in [-0.1, -0.05) is 26.0 Å². The molecule has 0 saturated heterocycles. The smallest absolute Gasteiger partial charge is 0.241 e. The third kappa shape index (κ3) is 4.93. The Labute approximate surface area is 122 Å². The van der Waals surface area contributed by atoms with Crippen LogP contribution < -0.4 is 10.0 Å². The van der Waals surface area contributed by atoms with E-state index in [4.69, 9.17) is 0 Å². The van der Waals surface area contributed by atoms with Crippen LogP contribution in [-0.2, 0) is 14.8 Å². The summed E-state index contributed by atoms with van der Waals surface area (Å²) in [5, 5.41) is 2.64. The molecular weight excluding hydrogens is 332 g/mol. The number of amides is 1. The molecule has 5 nitrogen and oxygen atoms in total. The van der Waals surface area contributed by atoms with E-state index >= 15 is 0 Å². The van der Waals surface area contributed by atoms with Crippen molar-refractivity contribution in [2.75, 3.05) is 13.1 Å². The number of carbonyl (C=O) groups excluding carboxylic acids is 1. The lowest BCUT2D eigenvalue weighted by atomic mass is 10.2. The molecule has 0 aromatic heterocycles. The van der Waals surface area contributed by atoms with Crippen LogP contribution in [0.2, 0.25) is 0 Å². The number of sulfonamides is 1. The number of rotatable bonds is 6. The fraction of sp³-hybridized carbons (Fsp3) is 0.417. The van der Waals surface area contributed by atoms with Crippen LogP contribution in [-0.4, -0.2) is 27.4 Å². The summed E-state index contributed by atoms with van der Waals surface area (Å²) in [6.45, 7) is 3.98. The summed E-state index contributed by atoms with van der Waals surface area (Å²) in [5.74, 6) is -0.208. The molecule has 0 fully saturated rings. The van der Waals surface area contributed by atoms with Gasteiger partial charge in [0.15, 0.2) is 0 Å². The zero-order valence-electron chi connectivity index (χ0n) is 10.8. The first-order valence-electron chi connectivity index (χ1n) is 5.86. The molecule has 19 heavy (non-hydrogen) atoms. The van der Waals surface area contributed by atoms with Gasteiger partial charge < -0.3 is 5.32 Å². The monoisotopic (exact) mass is 348 g/mol. The number of hydrogen-bond acceptors (Lipinski definition) is 3. The van der Waals surface area contributed by atoms with Crippen molar-refractivity contribution >= 4 is 31.9 Å². The zero-order valence-corrected chi connectivity index (χ0v) is 13.2. The molecule has 0 saturated carbocycles. The van der Waals surface area contributed by atoms with E-state index in [-0.39, 0.29) is 29.8 Å². The maximum atomic E-state index is 12.0. The van der Waals surface area contributed by atoms with Gasteiger partial charge in [0.2, 0.25) is 15.9 Å². The van der Waals surface area contributed by atoms with Crippen molar-refractivity contribution < 1.29 is 13.2 Å². The SMILES string of the molecule is CC(C)C(=O)NCCNS(=O)(=O)c1ccccc1Br. The van der Waals surface area contributed by atoms with E-state index < -0.39 is 10.0 Å². The minimum Gasteiger partial charge on any atom is -0.355 e. The molecule has 0 spiro atoms. The molecule has 7 heteroatoms. The van der Waals surface area contributed by atoms with Gasteiger partial charge in [-0.2, -0.15) is 0 Å². The van der Waals surface area contributed by atoms with Crippen molar-refractivity contribution in [2.24, 2.45) is 5.92 Å². The second-order valence-corrected chi connectivity index (χ2v) is 6.86. The van der Waals surface area contributed by atoms with Crippen molar-refractivity contribution in [3.63, 3.8) is 0 Å². The minimum absolute atomic E-state index is 0.0971. The van der Waals surface area contributed by atoms with Crippen LogP contribution in [0.4, 0.5) is 0 Å². The summed E-state index contributed by atoms with van der Waals surface area (Å²) in [6.07, 6.45) is 0. The maximum absolute atomic E-state index is 12.0. The molecule has 2 N–H and O–H groups in total. The van der Waals surface area contributed by atoms with Crippen LogP contribution in [0.25, 0.3) is 0 Å². The summed E-state index contributed by atoms with van der Waals surface area (Å²) in [5.41, 5.74) is 0. The molecule has 0 unspecified atom stereocenters. The first-order valence-corrected chi connectivity index (χ1v) is 8.14. The molecule has 0 radical (unpaired) electrons. The van der Waals surface area contributed by atoms with Crippen molar-refractivity contribution in [1.82, 2.24) is 10.0 Å². The van der Waals surface area contributed by atoms with Gasteiger partial charge in [-0.05, 0) is 28.1 Å². The number of carbonyl (C=O) groups is 1. The van der Waals surface area contributed by atoms with Crippen LogP contribution in [0.1, 0.15) is 13.8 Å². The van der Waals surface area contributed by atoms with Crippen molar-refractivity contribution in [3.8, 4) is 0 Å². The summed E-state index contributed by atoms with van der Waals surface area (Å²) in [4.78, 5) is 11.5. The van der Waals surface area contributed by atoms with Crippen LogP contribution in [0, 0.1) is 5.92 Å². The third-order valence-corrected chi connectivity index (χ3v) is 4.84. The summed E-state index contributed by atoms with van der Waals surface area (Å²) < 4.78 is 26.9. The molecule has 0 atom stereocenters. The lowest BCUT2D eigenvalue weighted by molar-refractivity contribution is -0.123. The first-order chi connectivity index (χ1) is 8.84. The Morgan fingerprint density at radius 2 is 1.89 bits per heavy atom. The van der Waals surface area contributed by atoms with Gasteiger partial charge in [0.1, 0.15) is 0 Å². The molecule has 106 valence electrons. The summed E-state index contributed by atoms with van der Waals surface area (Å²) >= 11 is 3.19. The van der Waals surface area contributed by atoms with Gasteiger partial charge in [0, 0.05) is 23.5 Å². The number of benzene rings is 1. The minimum atomic E-state index is -3.56. The molecule has 0 bridgehead atoms. The molecule has 0 aliphatic heterocycles. The molecule has 1 amide bonds. The fourth-order valence-electron chi connectivity index (χ4n) is 1.32. The van der Waals surface area contributed by atoms with Crippen molar-refractivity contribution in [2.45, 2.75) is 18.7 Å². The van der Waals surface area contributed by atoms with Gasteiger partial charge in [0.25, 0.3) is 0 Å². The average molecular weight is 349 g/mol. The molecular formula is C12H17BrN2O3S. The van der Waals surface area contributed by atoms with E-state index in [1.54, 1.807) is 32.0 Å². The number of hydrogen-bond donors (Lipinski definition) is 2. The Morgan fingerprint density at radius 1 is 1.26 bits per heavy atom. The van der Waals surface area contributed by atoms with Crippen LogP contribution in [0.15, 0.2) is 33.6 Å². The van der Waals surface area contributed by atoms with E-state index in [0.717, 1.165) is 0 Å². The average Bonchev–Trinajstić information content (AvgIpc) is 2.34. The second-order valence-electron chi connectivity index (χ2n) is 4.27. The number of nitrogens with one attached hydrogen (secondary N) is 2. The summed E-state index contributed by atoms with van der Waals surface area (Å²) in [6, 6.07) is 6.57. The van der Waals surface area contributed by atoms with Gasteiger partial charge in [-0.15, -0.1) is 0 Å². The van der Waals surface area contributed by atoms with Gasteiger partial charge in [0.05, 0.1) is 4.90 Å². The van der Waals surface area contributed by atoms with E-state index in [2.05, 4.69) is 26.0 Å². The normalized spacial score (nSPS) is 11.6. The largest absolute Gasteiger partial charge is 0.355 e. The Morgan fingerprint density at radius 3 is 2.47 bits per heavy atom. The van der Waals surface area contributed by atoms with Crippen molar-refractivity contribution in [1.29, 1.82) is 0 Å². The molecule has 0 aliphatic rings. The standard InChI is InChI=1S/C12H17BrN2O3S/c1-9(2)12(16)14-7-8-15-19(17,18)11-6-4-3-5-10(11)13/h3-6,9,15H,7-8H2,1-2H3,(H,14,16). The molecule has 1 aromatic rings. The maximum Gasteiger partial charge on any atom is 0.241 e. The lowest BCUT2D eigenvalue weighted by Gasteiger charge is -2.10. The molecule has 1 aromatic carbocycles. The second kappa shape index (κ2) is 7.02. The quantitative estimate of drug-likeness (QED) is 0.765. The predicted octanol–water partition coefficient (Wildman–Crippen LogP) is 1.50. The topological polar surface area (TPSA) is 75.3 Å². The highest BCUT2D eigenvalue weighted by Crippen LogP contribution is 2.20. The predicted molar refractivity (Wildman–Crippen MR) is 77.2 cm³/mol. The van der Waals surface area contributed by atoms with Gasteiger partial charge in [-0.25, -0.2) is 13.1 Å². The Balaban J connectivity index is 2.53. The van der Waals surface area contributed by atoms with Crippen molar-refractivity contribution in [3.05, 3.63) is 28.7 Å². The van der Waals surface area contributed by atoms with Crippen LogP contribution in [0.3, 0.4) is 0 Å². The van der Waals surface area contributed by atoms with Gasteiger partial charge >= 0.3 is 0 Å². The highest BCUT2D eigenvalue weighted by Gasteiger charge is 2.16. The van der Waals surface area contributed by atoms with Crippen LogP contribution in [0.5, 0.6) is 0 Å². The van der Waals surface area contributed by atoms with Crippen LogP contribution >= 0.6 is 15.9 Å². The zero-order chi connectivity index (χ0) is 14.5. The summed E-state index contributed by atoms with van der Waals surface area (Å²) in [7, 11) is -3.56. The third-order valence-electron chi connectivity index (χ3n) is 2.37. The molecule has 0 heterocycles. The van der Waals surface area contributed by atoms with E-state index in [9.17, 15) is 13.2 Å². The van der Waals surface area contributed by atoms with E-state index in [0.29, 0.717) is 4.47 Å². The Bertz CT molecular complexity index is 544. The highest BCUT2D eigenvalue weighted by atomic mass is 79.9. The Hall–Kier alpha value is -0.920.